The van der Waals surface area contributed by atoms with E-state index in [-0.39, 0.29) is 28.8 Å². The minimum atomic E-state index is -3.92. The van der Waals surface area contributed by atoms with Crippen LogP contribution in [0.3, 0.4) is 0 Å². The second kappa shape index (κ2) is 16.2. The van der Waals surface area contributed by atoms with E-state index in [0.29, 0.717) is 29.0 Å². The van der Waals surface area contributed by atoms with Gasteiger partial charge in [0.25, 0.3) is 0 Å². The standard InChI is InChI=1S/C39H50N2O8S2/c1-23-14-13-19-30-32(48-30)21-31(49-34(43)22-33(42)39(5,6)38(45)25(3)36(23)44)24(2)20-29-37(50-26(4)40-29)35(27-15-9-7-10-16-27)41-51(46,47)28-17-11-8-12-18-28/h7-12,15-18,20,23,25,30-33,35-36,41-42,44H,13-14,19,21-22H2,1-6H3/b24-20+/t23-,25+,30+,31-,32-,33-,35?,36-/m0/s1. The van der Waals surface area contributed by atoms with Crippen molar-refractivity contribution in [3.8, 4) is 0 Å². The lowest BCUT2D eigenvalue weighted by molar-refractivity contribution is -0.154. The number of benzene rings is 2. The molecule has 12 heteroatoms. The number of rotatable bonds is 7. The molecule has 51 heavy (non-hydrogen) atoms. The molecular weight excluding hydrogens is 689 g/mol. The zero-order chi connectivity index (χ0) is 37.1. The minimum absolute atomic E-state index is 0.0215. The molecule has 0 saturated carbocycles. The third kappa shape index (κ3) is 9.40. The summed E-state index contributed by atoms with van der Waals surface area (Å²) in [5.74, 6) is -1.82. The van der Waals surface area contributed by atoms with Crippen LogP contribution in [0, 0.1) is 24.2 Å². The molecule has 3 N–H and O–H groups in total. The molecular formula is C39H50N2O8S2. The number of hydrogen-bond donors (Lipinski definition) is 3. The lowest BCUT2D eigenvalue weighted by Gasteiger charge is -2.34. The molecule has 0 amide bonds. The molecule has 276 valence electrons. The zero-order valence-corrected chi connectivity index (χ0v) is 31.7. The van der Waals surface area contributed by atoms with E-state index >= 15 is 0 Å². The summed E-state index contributed by atoms with van der Waals surface area (Å²) in [4.78, 5) is 32.5. The van der Waals surface area contributed by atoms with E-state index in [0.717, 1.165) is 23.4 Å². The zero-order valence-electron chi connectivity index (χ0n) is 30.1. The Morgan fingerprint density at radius 1 is 1.02 bits per heavy atom. The molecule has 10 nitrogen and oxygen atoms in total. The SMILES string of the molecule is C/C(=C\c1nc(C)sc1C(NS(=O)(=O)c1ccccc1)c1ccccc1)[C@@H]1C[C@@H]2O[C@@H]2CCC[C@H](C)[C@H](O)[C@@H](C)C(=O)C(C)(C)[C@@H](O)CC(=O)O1. The topological polar surface area (TPSA) is 155 Å². The van der Waals surface area contributed by atoms with Crippen LogP contribution in [0.2, 0.25) is 0 Å². The molecule has 2 aliphatic heterocycles. The fourth-order valence-corrected chi connectivity index (χ4v) is 9.10. The molecule has 1 unspecified atom stereocenters. The summed E-state index contributed by atoms with van der Waals surface area (Å²) in [7, 11) is -3.92. The largest absolute Gasteiger partial charge is 0.458 e. The number of aromatic nitrogens is 1. The molecule has 3 aromatic rings. The van der Waals surface area contributed by atoms with Crippen LogP contribution in [0.15, 0.2) is 71.1 Å². The summed E-state index contributed by atoms with van der Waals surface area (Å²) in [5, 5.41) is 22.8. The number of nitrogens with zero attached hydrogens (tertiary/aromatic N) is 1. The van der Waals surface area contributed by atoms with Crippen LogP contribution in [0.4, 0.5) is 0 Å². The highest BCUT2D eigenvalue weighted by molar-refractivity contribution is 7.89. The van der Waals surface area contributed by atoms with Crippen molar-refractivity contribution >= 4 is 39.2 Å². The van der Waals surface area contributed by atoms with Gasteiger partial charge < -0.3 is 19.7 Å². The van der Waals surface area contributed by atoms with Crippen molar-refractivity contribution in [2.24, 2.45) is 17.3 Å². The van der Waals surface area contributed by atoms with Gasteiger partial charge in [0.05, 0.1) is 62.8 Å². The van der Waals surface area contributed by atoms with Crippen LogP contribution >= 0.6 is 11.3 Å². The van der Waals surface area contributed by atoms with E-state index in [1.165, 1.54) is 11.3 Å². The number of cyclic esters (lactones) is 1. The molecule has 0 radical (unpaired) electrons. The summed E-state index contributed by atoms with van der Waals surface area (Å²) < 4.78 is 42.1. The maximum atomic E-state index is 13.6. The highest BCUT2D eigenvalue weighted by Gasteiger charge is 2.44. The summed E-state index contributed by atoms with van der Waals surface area (Å²) in [6, 6.07) is 16.7. The van der Waals surface area contributed by atoms with Crippen molar-refractivity contribution in [1.29, 1.82) is 0 Å². The van der Waals surface area contributed by atoms with Gasteiger partial charge >= 0.3 is 5.97 Å². The Bertz CT molecular complexity index is 1810. The molecule has 5 rings (SSSR count). The first-order valence-electron chi connectivity index (χ1n) is 17.6. The number of sulfonamides is 1. The van der Waals surface area contributed by atoms with Gasteiger partial charge in [-0.3, -0.25) is 9.59 Å². The van der Waals surface area contributed by atoms with E-state index < -0.39 is 58.1 Å². The maximum Gasteiger partial charge on any atom is 0.309 e. The van der Waals surface area contributed by atoms with Gasteiger partial charge in [-0.2, -0.15) is 4.72 Å². The number of carbonyl (C=O) groups excluding carboxylic acids is 2. The summed E-state index contributed by atoms with van der Waals surface area (Å²) in [5.41, 5.74) is 0.664. The Morgan fingerprint density at radius 2 is 1.67 bits per heavy atom. The number of esters is 1. The second-order valence-corrected chi connectivity index (χ2v) is 17.5. The van der Waals surface area contributed by atoms with Crippen LogP contribution in [-0.2, 0) is 29.1 Å². The number of carbonyl (C=O) groups is 2. The highest BCUT2D eigenvalue weighted by Crippen LogP contribution is 2.38. The normalized spacial score (nSPS) is 28.8. The molecule has 3 heterocycles. The van der Waals surface area contributed by atoms with E-state index in [2.05, 4.69) is 4.72 Å². The predicted octanol–water partition coefficient (Wildman–Crippen LogP) is 6.16. The minimum Gasteiger partial charge on any atom is -0.458 e. The lowest BCUT2D eigenvalue weighted by Crippen LogP contribution is -2.45. The van der Waals surface area contributed by atoms with Gasteiger partial charge in [-0.15, -0.1) is 11.3 Å². The van der Waals surface area contributed by atoms with Crippen molar-refractivity contribution in [2.45, 2.75) is 115 Å². The number of aliphatic hydroxyl groups is 2. The number of aliphatic hydroxyl groups excluding tert-OH is 2. The maximum absolute atomic E-state index is 13.6. The quantitative estimate of drug-likeness (QED) is 0.191. The van der Waals surface area contributed by atoms with Gasteiger partial charge in [0.1, 0.15) is 11.9 Å². The van der Waals surface area contributed by atoms with E-state index in [9.17, 15) is 28.2 Å². The first kappa shape index (κ1) is 39.0. The number of nitrogens with one attached hydrogen (secondary N) is 1. The Labute approximate surface area is 305 Å². The van der Waals surface area contributed by atoms with Crippen molar-refractivity contribution in [2.75, 3.05) is 0 Å². The molecule has 8 atom stereocenters. The number of hydrogen-bond acceptors (Lipinski definition) is 10. The Balaban J connectivity index is 1.46. The first-order valence-corrected chi connectivity index (χ1v) is 19.9. The van der Waals surface area contributed by atoms with Crippen LogP contribution in [0.1, 0.15) is 93.9 Å². The average molecular weight is 739 g/mol. The molecule has 2 aliphatic rings. The van der Waals surface area contributed by atoms with E-state index in [1.807, 2.05) is 57.2 Å². The number of thiazole rings is 1. The number of ether oxygens (including phenoxy) is 2. The molecule has 0 bridgehead atoms. The van der Waals surface area contributed by atoms with Gasteiger partial charge in [0.15, 0.2) is 0 Å². The lowest BCUT2D eigenvalue weighted by atomic mass is 9.73. The van der Waals surface area contributed by atoms with Crippen LogP contribution in [0.25, 0.3) is 6.08 Å². The number of Topliss-reactive ketones (excluding diaryl/α,β-unsaturated/α-hetero) is 1. The van der Waals surface area contributed by atoms with E-state index in [4.69, 9.17) is 14.5 Å². The number of ketones is 1. The molecule has 2 fully saturated rings. The third-order valence-electron chi connectivity index (χ3n) is 10.3. The Kier molecular flexibility index (Phi) is 12.4. The monoisotopic (exact) mass is 738 g/mol. The summed E-state index contributed by atoms with van der Waals surface area (Å²) in [6.07, 6.45) is 0.995. The smallest absolute Gasteiger partial charge is 0.309 e. The van der Waals surface area contributed by atoms with Gasteiger partial charge in [-0.05, 0) is 62.0 Å². The fraction of sp³-hybridized carbons (Fsp3) is 0.513. The number of fused-ring (bicyclic) bond motifs is 1. The fourth-order valence-electron chi connectivity index (χ4n) is 6.83. The van der Waals surface area contributed by atoms with Crippen LogP contribution in [-0.4, -0.2) is 65.9 Å². The van der Waals surface area contributed by atoms with Crippen LogP contribution in [0.5, 0.6) is 0 Å². The number of epoxide rings is 1. The van der Waals surface area contributed by atoms with Crippen molar-refractivity contribution in [3.63, 3.8) is 0 Å². The third-order valence-corrected chi connectivity index (χ3v) is 12.8. The van der Waals surface area contributed by atoms with Gasteiger partial charge in [0.2, 0.25) is 10.0 Å². The second-order valence-electron chi connectivity index (χ2n) is 14.6. The first-order chi connectivity index (χ1) is 24.1. The van der Waals surface area contributed by atoms with Gasteiger partial charge in [-0.1, -0.05) is 82.6 Å². The molecule has 0 aliphatic carbocycles. The molecule has 2 saturated heterocycles. The summed E-state index contributed by atoms with van der Waals surface area (Å²) >= 11 is 1.38. The van der Waals surface area contributed by atoms with Gasteiger partial charge in [0, 0.05) is 12.3 Å². The van der Waals surface area contributed by atoms with Crippen molar-refractivity contribution < 1.29 is 37.7 Å². The molecule has 1 aromatic heterocycles. The van der Waals surface area contributed by atoms with Gasteiger partial charge in [-0.25, -0.2) is 13.4 Å². The van der Waals surface area contributed by atoms with Crippen molar-refractivity contribution in [1.82, 2.24) is 9.71 Å². The Morgan fingerprint density at radius 3 is 2.33 bits per heavy atom. The number of aryl methyl sites for hydroxylation is 1. The Hall–Kier alpha value is -3.26. The summed E-state index contributed by atoms with van der Waals surface area (Å²) in [6.45, 7) is 10.5. The van der Waals surface area contributed by atoms with Crippen molar-refractivity contribution in [3.05, 3.63) is 87.4 Å². The highest BCUT2D eigenvalue weighted by atomic mass is 32.2. The van der Waals surface area contributed by atoms with E-state index in [1.54, 1.807) is 51.1 Å². The predicted molar refractivity (Wildman–Crippen MR) is 196 cm³/mol. The average Bonchev–Trinajstić information content (AvgIpc) is 3.74. The molecule has 0 spiro atoms. The molecule has 2 aromatic carbocycles. The van der Waals surface area contributed by atoms with Crippen LogP contribution < -0.4 is 4.72 Å².